The molecule has 1 heterocycles. The molecule has 0 radical (unpaired) electrons. The molecule has 26 heavy (non-hydrogen) atoms. The highest BCUT2D eigenvalue weighted by molar-refractivity contribution is 5.94. The molecule has 138 valence electrons. The molecule has 6 heteroatoms. The van der Waals surface area contributed by atoms with Gasteiger partial charge >= 0.3 is 0 Å². The van der Waals surface area contributed by atoms with E-state index in [-0.39, 0.29) is 23.7 Å². The Labute approximate surface area is 153 Å². The molecule has 0 atom stereocenters. The van der Waals surface area contributed by atoms with Gasteiger partial charge < -0.3 is 15.2 Å². The lowest BCUT2D eigenvalue weighted by molar-refractivity contribution is -0.125. The van der Waals surface area contributed by atoms with Crippen LogP contribution in [0.25, 0.3) is 0 Å². The number of carbonyl (C=O) groups is 2. The van der Waals surface area contributed by atoms with E-state index in [1.165, 1.54) is 0 Å². The lowest BCUT2D eigenvalue weighted by atomic mass is 9.81. The number of hydrogen-bond acceptors (Lipinski definition) is 4. The van der Waals surface area contributed by atoms with Gasteiger partial charge in [0.05, 0.1) is 0 Å². The first-order chi connectivity index (χ1) is 12.4. The topological polar surface area (TPSA) is 84.2 Å². The first-order valence-corrected chi connectivity index (χ1v) is 9.05. The molecule has 0 spiro atoms. The number of rotatable bonds is 4. The van der Waals surface area contributed by atoms with Crippen molar-refractivity contribution in [2.24, 2.45) is 11.8 Å². The number of nitrogens with one attached hydrogen (secondary N) is 2. The summed E-state index contributed by atoms with van der Waals surface area (Å²) >= 11 is 0. The summed E-state index contributed by atoms with van der Waals surface area (Å²) in [6.45, 7) is 5.82. The molecular formula is C20H25N3O3. The molecule has 1 aliphatic carbocycles. The standard InChI is InChI=1S/C20H25N3O3/c1-12-5-4-6-17(14(12)3)21-19(24)15-7-9-16(10-8-15)20(25)22-18-11-13(2)26-23-18/h4-6,11,15-16H,7-10H2,1-3H3,(H,21,24)(H,22,23,25). The Morgan fingerprint density at radius 3 is 2.19 bits per heavy atom. The third kappa shape index (κ3) is 4.12. The summed E-state index contributed by atoms with van der Waals surface area (Å²) in [5.41, 5.74) is 3.12. The maximum absolute atomic E-state index is 12.6. The highest BCUT2D eigenvalue weighted by atomic mass is 16.5. The van der Waals surface area contributed by atoms with Crippen LogP contribution in [-0.2, 0) is 9.59 Å². The molecule has 0 aliphatic heterocycles. The van der Waals surface area contributed by atoms with E-state index < -0.39 is 0 Å². The average molecular weight is 355 g/mol. The van der Waals surface area contributed by atoms with Crippen molar-refractivity contribution in [3.05, 3.63) is 41.2 Å². The Morgan fingerprint density at radius 1 is 1.00 bits per heavy atom. The number of nitrogens with zero attached hydrogens (tertiary/aromatic N) is 1. The molecule has 2 N–H and O–H groups in total. The van der Waals surface area contributed by atoms with E-state index in [4.69, 9.17) is 4.52 Å². The van der Waals surface area contributed by atoms with E-state index in [2.05, 4.69) is 15.8 Å². The Hall–Kier alpha value is -2.63. The molecule has 3 rings (SSSR count). The Kier molecular flexibility index (Phi) is 5.40. The van der Waals surface area contributed by atoms with Crippen molar-refractivity contribution in [3.63, 3.8) is 0 Å². The lowest BCUT2D eigenvalue weighted by Gasteiger charge is -2.27. The highest BCUT2D eigenvalue weighted by Gasteiger charge is 2.30. The maximum Gasteiger partial charge on any atom is 0.228 e. The molecule has 1 aromatic carbocycles. The smallest absolute Gasteiger partial charge is 0.228 e. The Bertz CT molecular complexity index is 804. The molecule has 1 saturated carbocycles. The molecule has 2 amide bonds. The summed E-state index contributed by atoms with van der Waals surface area (Å²) in [5, 5.41) is 9.62. The molecule has 1 fully saturated rings. The van der Waals surface area contributed by atoms with E-state index >= 15 is 0 Å². The first kappa shape index (κ1) is 18.2. The summed E-state index contributed by atoms with van der Waals surface area (Å²) in [5.74, 6) is 0.968. The van der Waals surface area contributed by atoms with Gasteiger partial charge in [-0.3, -0.25) is 9.59 Å². The number of amides is 2. The van der Waals surface area contributed by atoms with Gasteiger partial charge in [-0.25, -0.2) is 0 Å². The van der Waals surface area contributed by atoms with Crippen LogP contribution in [0.4, 0.5) is 11.5 Å². The molecule has 1 aromatic heterocycles. The number of anilines is 2. The number of carbonyl (C=O) groups excluding carboxylic acids is 2. The van der Waals surface area contributed by atoms with E-state index in [1.807, 2.05) is 32.0 Å². The number of benzene rings is 1. The zero-order valence-electron chi connectivity index (χ0n) is 15.5. The van der Waals surface area contributed by atoms with Crippen LogP contribution in [0.5, 0.6) is 0 Å². The van der Waals surface area contributed by atoms with Gasteiger partial charge in [0.1, 0.15) is 5.76 Å². The van der Waals surface area contributed by atoms with Gasteiger partial charge in [0.15, 0.2) is 5.82 Å². The van der Waals surface area contributed by atoms with Gasteiger partial charge in [-0.15, -0.1) is 0 Å². The zero-order valence-corrected chi connectivity index (χ0v) is 15.5. The van der Waals surface area contributed by atoms with Crippen LogP contribution in [-0.4, -0.2) is 17.0 Å². The van der Waals surface area contributed by atoms with Crippen LogP contribution in [0.15, 0.2) is 28.8 Å². The van der Waals surface area contributed by atoms with Crippen LogP contribution in [0.3, 0.4) is 0 Å². The second kappa shape index (κ2) is 7.72. The van der Waals surface area contributed by atoms with E-state index in [0.717, 1.165) is 16.8 Å². The Morgan fingerprint density at radius 2 is 1.62 bits per heavy atom. The fraction of sp³-hybridized carbons (Fsp3) is 0.450. The van der Waals surface area contributed by atoms with Crippen LogP contribution < -0.4 is 10.6 Å². The van der Waals surface area contributed by atoms with Crippen LogP contribution in [0.2, 0.25) is 0 Å². The van der Waals surface area contributed by atoms with E-state index in [0.29, 0.717) is 37.3 Å². The third-order valence-electron chi connectivity index (χ3n) is 5.21. The highest BCUT2D eigenvalue weighted by Crippen LogP contribution is 2.31. The minimum Gasteiger partial charge on any atom is -0.360 e. The fourth-order valence-electron chi connectivity index (χ4n) is 3.39. The lowest BCUT2D eigenvalue weighted by Crippen LogP contribution is -2.32. The van der Waals surface area contributed by atoms with Gasteiger partial charge in [0.2, 0.25) is 11.8 Å². The number of aryl methyl sites for hydroxylation is 2. The van der Waals surface area contributed by atoms with Crippen molar-refractivity contribution in [2.45, 2.75) is 46.5 Å². The van der Waals surface area contributed by atoms with Crippen LogP contribution >= 0.6 is 0 Å². The normalized spacial score (nSPS) is 19.8. The number of hydrogen-bond donors (Lipinski definition) is 2. The molecule has 6 nitrogen and oxygen atoms in total. The van der Waals surface area contributed by atoms with Gasteiger partial charge in [0, 0.05) is 23.6 Å². The largest absolute Gasteiger partial charge is 0.360 e. The van der Waals surface area contributed by atoms with Crippen molar-refractivity contribution in [2.75, 3.05) is 10.6 Å². The van der Waals surface area contributed by atoms with Crippen molar-refractivity contribution in [1.29, 1.82) is 0 Å². The molecule has 0 bridgehead atoms. The molecule has 1 aliphatic rings. The third-order valence-corrected chi connectivity index (χ3v) is 5.21. The molecule has 0 unspecified atom stereocenters. The fourth-order valence-corrected chi connectivity index (χ4v) is 3.39. The quantitative estimate of drug-likeness (QED) is 0.869. The predicted molar refractivity (Wildman–Crippen MR) is 99.9 cm³/mol. The summed E-state index contributed by atoms with van der Waals surface area (Å²) in [6.07, 6.45) is 2.83. The predicted octanol–water partition coefficient (Wildman–Crippen LogP) is 3.98. The average Bonchev–Trinajstić information content (AvgIpc) is 3.04. The van der Waals surface area contributed by atoms with Crippen molar-refractivity contribution in [1.82, 2.24) is 5.16 Å². The van der Waals surface area contributed by atoms with Crippen molar-refractivity contribution >= 4 is 23.3 Å². The molecular weight excluding hydrogens is 330 g/mol. The molecule has 0 saturated heterocycles. The summed E-state index contributed by atoms with van der Waals surface area (Å²) < 4.78 is 4.96. The van der Waals surface area contributed by atoms with Crippen molar-refractivity contribution < 1.29 is 14.1 Å². The second-order valence-electron chi connectivity index (χ2n) is 7.10. The van der Waals surface area contributed by atoms with Gasteiger partial charge in [0.25, 0.3) is 0 Å². The van der Waals surface area contributed by atoms with Crippen LogP contribution in [0, 0.1) is 32.6 Å². The SMILES string of the molecule is Cc1cc(NC(=O)C2CCC(C(=O)Nc3cccc(C)c3C)CC2)no1. The van der Waals surface area contributed by atoms with Gasteiger partial charge in [-0.1, -0.05) is 17.3 Å². The van der Waals surface area contributed by atoms with Crippen molar-refractivity contribution in [3.8, 4) is 0 Å². The minimum atomic E-state index is -0.0863. The second-order valence-corrected chi connectivity index (χ2v) is 7.10. The molecule has 2 aromatic rings. The van der Waals surface area contributed by atoms with Gasteiger partial charge in [-0.05, 0) is 63.6 Å². The van der Waals surface area contributed by atoms with Gasteiger partial charge in [-0.2, -0.15) is 0 Å². The van der Waals surface area contributed by atoms with Crippen LogP contribution in [0.1, 0.15) is 42.6 Å². The summed E-state index contributed by atoms with van der Waals surface area (Å²) in [4.78, 5) is 24.9. The first-order valence-electron chi connectivity index (χ1n) is 9.05. The zero-order chi connectivity index (χ0) is 18.7. The summed E-state index contributed by atoms with van der Waals surface area (Å²) in [6, 6.07) is 7.61. The Balaban J connectivity index is 1.52. The van der Waals surface area contributed by atoms with E-state index in [1.54, 1.807) is 13.0 Å². The summed E-state index contributed by atoms with van der Waals surface area (Å²) in [7, 11) is 0. The maximum atomic E-state index is 12.6. The van der Waals surface area contributed by atoms with E-state index in [9.17, 15) is 9.59 Å². The number of aromatic nitrogens is 1. The minimum absolute atomic E-state index is 0.0460. The monoisotopic (exact) mass is 355 g/mol.